The Kier molecular flexibility index (Phi) is 21.4. The fourth-order valence-corrected chi connectivity index (χ4v) is 3.67. The number of halogens is 2. The molecular weight excluding hydrogens is 449 g/mol. The monoisotopic (exact) mass is 489 g/mol. The fraction of sp³-hybridized carbons (Fsp3) is 1.00. The van der Waals surface area contributed by atoms with Crippen molar-refractivity contribution in [2.45, 2.75) is 91.4 Å². The average Bonchev–Trinajstić information content (AvgIpc) is 2.50. The summed E-state index contributed by atoms with van der Waals surface area (Å²) in [4.78, 5) is 0. The third-order valence-corrected chi connectivity index (χ3v) is 5.28. The maximum Gasteiger partial charge on any atom is 0.0786 e. The van der Waals surface area contributed by atoms with Gasteiger partial charge in [-0.3, -0.25) is 0 Å². The second kappa shape index (κ2) is 18.5. The summed E-state index contributed by atoms with van der Waals surface area (Å²) >= 11 is 3.60. The molecule has 0 N–H and O–H groups in total. The molecule has 0 bridgehead atoms. The summed E-state index contributed by atoms with van der Waals surface area (Å²) in [6.07, 6.45) is 15.4. The van der Waals surface area contributed by atoms with E-state index in [2.05, 4.69) is 36.7 Å². The topological polar surface area (TPSA) is 0 Å². The normalized spacial score (nSPS) is 13.6. The van der Waals surface area contributed by atoms with Crippen molar-refractivity contribution in [2.24, 2.45) is 0 Å². The van der Waals surface area contributed by atoms with Gasteiger partial charge in [-0.05, 0) is 44.9 Å². The van der Waals surface area contributed by atoms with Crippen molar-refractivity contribution in [1.29, 1.82) is 0 Å². The molecular formula is C19H41BrIN. The van der Waals surface area contributed by atoms with Crippen LogP contribution < -0.4 is 24.0 Å². The van der Waals surface area contributed by atoms with Crippen LogP contribution in [0.3, 0.4) is 0 Å². The molecule has 0 fully saturated rings. The fourth-order valence-electron chi connectivity index (χ4n) is 3.28. The second-order valence-electron chi connectivity index (χ2n) is 6.75. The molecule has 1 unspecified atom stereocenters. The summed E-state index contributed by atoms with van der Waals surface area (Å²) in [6, 6.07) is 0. The maximum absolute atomic E-state index is 3.60. The Hall–Kier alpha value is 1.17. The summed E-state index contributed by atoms with van der Waals surface area (Å²) in [7, 11) is 0. The van der Waals surface area contributed by atoms with Gasteiger partial charge in [0.25, 0.3) is 0 Å². The van der Waals surface area contributed by atoms with Crippen molar-refractivity contribution in [3.05, 3.63) is 0 Å². The first-order chi connectivity index (χ1) is 10.2. The molecule has 0 radical (unpaired) electrons. The van der Waals surface area contributed by atoms with Crippen LogP contribution in [0.1, 0.15) is 91.4 Å². The zero-order chi connectivity index (χ0) is 15.8. The first kappa shape index (κ1) is 25.4. The zero-order valence-corrected chi connectivity index (χ0v) is 19.3. The lowest BCUT2D eigenvalue weighted by molar-refractivity contribution is -0.929. The van der Waals surface area contributed by atoms with Gasteiger partial charge in [-0.15, -0.1) is 0 Å². The second-order valence-corrected chi connectivity index (χ2v) is 7.55. The summed E-state index contributed by atoms with van der Waals surface area (Å²) in [5.41, 5.74) is 0. The zero-order valence-electron chi connectivity index (χ0n) is 15.5. The lowest BCUT2D eigenvalue weighted by Crippen LogP contribution is -3.00. The Labute approximate surface area is 166 Å². The van der Waals surface area contributed by atoms with E-state index < -0.39 is 0 Å². The van der Waals surface area contributed by atoms with Gasteiger partial charge in [0.1, 0.15) is 0 Å². The third-order valence-electron chi connectivity index (χ3n) is 4.72. The molecule has 1 nitrogen and oxygen atoms in total. The predicted molar refractivity (Wildman–Crippen MR) is 101 cm³/mol. The van der Waals surface area contributed by atoms with Crippen LogP contribution in [-0.2, 0) is 0 Å². The molecule has 0 amide bonds. The van der Waals surface area contributed by atoms with Crippen LogP contribution in [0.4, 0.5) is 0 Å². The highest BCUT2D eigenvalue weighted by Gasteiger charge is 2.25. The Bertz CT molecular complexity index is 202. The van der Waals surface area contributed by atoms with Gasteiger partial charge in [0.05, 0.1) is 26.2 Å². The van der Waals surface area contributed by atoms with Crippen molar-refractivity contribution in [3.8, 4) is 0 Å². The Morgan fingerprint density at radius 3 is 1.45 bits per heavy atom. The number of nitrogens with zero attached hydrogens (tertiary/aromatic N) is 1. The van der Waals surface area contributed by atoms with E-state index >= 15 is 0 Å². The number of rotatable bonds is 16. The largest absolute Gasteiger partial charge is 1.00 e. The van der Waals surface area contributed by atoms with Gasteiger partial charge >= 0.3 is 0 Å². The van der Waals surface area contributed by atoms with Crippen LogP contribution in [-0.4, -0.2) is 36.0 Å². The lowest BCUT2D eigenvalue weighted by Gasteiger charge is -2.39. The highest BCUT2D eigenvalue weighted by atomic mass is 127. The highest BCUT2D eigenvalue weighted by Crippen LogP contribution is 2.18. The van der Waals surface area contributed by atoms with Crippen LogP contribution in [0.5, 0.6) is 0 Å². The first-order valence-electron chi connectivity index (χ1n) is 9.65. The number of quaternary nitrogens is 1. The van der Waals surface area contributed by atoms with E-state index in [-0.39, 0.29) is 24.0 Å². The molecule has 0 aromatic carbocycles. The summed E-state index contributed by atoms with van der Waals surface area (Å²) < 4.78 is 1.42. The average molecular weight is 490 g/mol. The van der Waals surface area contributed by atoms with Crippen molar-refractivity contribution in [3.63, 3.8) is 0 Å². The van der Waals surface area contributed by atoms with E-state index in [1.165, 1.54) is 107 Å². The molecule has 0 aromatic rings. The number of alkyl halides is 1. The Morgan fingerprint density at radius 2 is 0.955 bits per heavy atom. The molecule has 0 saturated heterocycles. The molecule has 0 aliphatic carbocycles. The lowest BCUT2D eigenvalue weighted by atomic mass is 10.1. The molecule has 3 heteroatoms. The number of unbranched alkanes of at least 4 members (excludes halogenated alkanes) is 7. The highest BCUT2D eigenvalue weighted by molar-refractivity contribution is 9.09. The molecule has 0 spiro atoms. The van der Waals surface area contributed by atoms with E-state index in [1.54, 1.807) is 0 Å². The van der Waals surface area contributed by atoms with Gasteiger partial charge in [0.2, 0.25) is 0 Å². The number of hydrogen-bond acceptors (Lipinski definition) is 0. The van der Waals surface area contributed by atoms with Gasteiger partial charge in [-0.1, -0.05) is 62.4 Å². The number of hydrogen-bond donors (Lipinski definition) is 0. The Balaban J connectivity index is 0. The first-order valence-corrected chi connectivity index (χ1v) is 10.8. The third kappa shape index (κ3) is 13.6. The Morgan fingerprint density at radius 1 is 0.545 bits per heavy atom. The molecule has 0 heterocycles. The summed E-state index contributed by atoms with van der Waals surface area (Å²) in [5, 5.41) is 1.17. The molecule has 0 saturated carbocycles. The van der Waals surface area contributed by atoms with E-state index in [9.17, 15) is 0 Å². The maximum atomic E-state index is 3.60. The van der Waals surface area contributed by atoms with E-state index in [4.69, 9.17) is 0 Å². The van der Waals surface area contributed by atoms with Gasteiger partial charge in [-0.25, -0.2) is 0 Å². The minimum absolute atomic E-state index is 0. The van der Waals surface area contributed by atoms with Crippen molar-refractivity contribution >= 4 is 15.9 Å². The van der Waals surface area contributed by atoms with E-state index in [0.717, 1.165) is 0 Å². The molecule has 0 rings (SSSR count). The van der Waals surface area contributed by atoms with E-state index in [1.807, 2.05) is 0 Å². The van der Waals surface area contributed by atoms with Crippen LogP contribution in [0, 0.1) is 0 Å². The van der Waals surface area contributed by atoms with Crippen molar-refractivity contribution in [2.75, 3.05) is 31.5 Å². The summed E-state index contributed by atoms with van der Waals surface area (Å²) in [5.74, 6) is 0. The molecule has 0 aliphatic heterocycles. The van der Waals surface area contributed by atoms with E-state index in [0.29, 0.717) is 0 Å². The molecule has 136 valence electrons. The summed E-state index contributed by atoms with van der Waals surface area (Å²) in [6.45, 7) is 12.7. The van der Waals surface area contributed by atoms with Gasteiger partial charge < -0.3 is 28.5 Å². The predicted octanol–water partition coefficient (Wildman–Crippen LogP) is 3.55. The quantitative estimate of drug-likeness (QED) is 0.134. The van der Waals surface area contributed by atoms with Crippen LogP contribution >= 0.6 is 15.9 Å². The van der Waals surface area contributed by atoms with Crippen molar-refractivity contribution in [1.82, 2.24) is 0 Å². The minimum atomic E-state index is 0. The SMILES string of the molecule is CCCCCC[N+](CCCC)(CCCCC)CCCCBr.[I-]. The van der Waals surface area contributed by atoms with Crippen LogP contribution in [0.15, 0.2) is 0 Å². The smallest absolute Gasteiger partial charge is 0.0786 e. The molecule has 1 atom stereocenters. The van der Waals surface area contributed by atoms with Gasteiger partial charge in [-0.2, -0.15) is 0 Å². The molecule has 0 aromatic heterocycles. The van der Waals surface area contributed by atoms with Crippen molar-refractivity contribution < 1.29 is 28.5 Å². The van der Waals surface area contributed by atoms with Gasteiger partial charge in [0, 0.05) is 5.33 Å². The molecule has 0 aliphatic rings. The van der Waals surface area contributed by atoms with Gasteiger partial charge in [0.15, 0.2) is 0 Å². The van der Waals surface area contributed by atoms with Crippen LogP contribution in [0.25, 0.3) is 0 Å². The van der Waals surface area contributed by atoms with Crippen LogP contribution in [0.2, 0.25) is 0 Å². The molecule has 22 heavy (non-hydrogen) atoms. The minimum Gasteiger partial charge on any atom is -1.00 e. The standard InChI is InChI=1S/C19H41BrN.HI/c1-4-7-10-13-18-21(16-9-6-3,17-12-8-5-2)19-14-11-15-20;/h4-19H2,1-3H3;1H/q+1;/p-1.